The van der Waals surface area contributed by atoms with E-state index >= 15 is 0 Å². The Morgan fingerprint density at radius 2 is 2.00 bits per heavy atom. The highest BCUT2D eigenvalue weighted by atomic mass is 79.9. The third-order valence-corrected chi connectivity index (χ3v) is 3.27. The number of aliphatic carboxylic acids is 1. The number of anilines is 1. The molecule has 0 aliphatic heterocycles. The molecule has 0 spiro atoms. The first-order chi connectivity index (χ1) is 8.22. The molecule has 2 N–H and O–H groups in total. The van der Waals surface area contributed by atoms with Crippen LogP contribution in [0.1, 0.15) is 25.8 Å². The minimum atomic E-state index is -1.07. The van der Waals surface area contributed by atoms with Gasteiger partial charge in [0.2, 0.25) is 5.91 Å². The second-order valence-electron chi connectivity index (χ2n) is 4.90. The van der Waals surface area contributed by atoms with Crippen molar-refractivity contribution in [1.82, 2.24) is 0 Å². The SMILES string of the molecule is Cc1ccc(Br)c(NC(=O)CC(C)(C)C(=O)O)c1. The lowest BCUT2D eigenvalue weighted by molar-refractivity contribution is -0.148. The predicted octanol–water partition coefficient (Wildman–Crippen LogP) is 3.20. The first-order valence-corrected chi connectivity index (χ1v) is 6.31. The highest BCUT2D eigenvalue weighted by Crippen LogP contribution is 2.26. The first kappa shape index (κ1) is 14.7. The highest BCUT2D eigenvalue weighted by Gasteiger charge is 2.30. The summed E-state index contributed by atoms with van der Waals surface area (Å²) in [6.45, 7) is 4.98. The predicted molar refractivity (Wildman–Crippen MR) is 73.5 cm³/mol. The Kier molecular flexibility index (Phi) is 4.51. The monoisotopic (exact) mass is 313 g/mol. The zero-order valence-electron chi connectivity index (χ0n) is 10.6. The van der Waals surface area contributed by atoms with Crippen molar-refractivity contribution in [3.63, 3.8) is 0 Å². The summed E-state index contributed by atoms with van der Waals surface area (Å²) < 4.78 is 0.773. The van der Waals surface area contributed by atoms with Crippen LogP contribution in [0.3, 0.4) is 0 Å². The average molecular weight is 314 g/mol. The Balaban J connectivity index is 2.77. The normalized spacial score (nSPS) is 11.1. The van der Waals surface area contributed by atoms with Crippen LogP contribution in [0, 0.1) is 12.3 Å². The smallest absolute Gasteiger partial charge is 0.309 e. The summed E-state index contributed by atoms with van der Waals surface area (Å²) in [5.74, 6) is -1.30. The van der Waals surface area contributed by atoms with Gasteiger partial charge in [-0.1, -0.05) is 6.07 Å². The Morgan fingerprint density at radius 1 is 1.39 bits per heavy atom. The summed E-state index contributed by atoms with van der Waals surface area (Å²) in [5.41, 5.74) is 0.604. The number of aryl methyl sites for hydroxylation is 1. The number of hydrogen-bond acceptors (Lipinski definition) is 2. The van der Waals surface area contributed by atoms with Gasteiger partial charge in [-0.2, -0.15) is 0 Å². The lowest BCUT2D eigenvalue weighted by atomic mass is 9.89. The van der Waals surface area contributed by atoms with Gasteiger partial charge < -0.3 is 10.4 Å². The molecule has 0 bridgehead atoms. The average Bonchev–Trinajstić information content (AvgIpc) is 2.22. The van der Waals surface area contributed by atoms with Crippen molar-refractivity contribution in [3.8, 4) is 0 Å². The van der Waals surface area contributed by atoms with E-state index in [-0.39, 0.29) is 12.3 Å². The molecule has 1 amide bonds. The topological polar surface area (TPSA) is 66.4 Å². The van der Waals surface area contributed by atoms with E-state index in [0.717, 1.165) is 10.0 Å². The van der Waals surface area contributed by atoms with Crippen LogP contribution in [0.2, 0.25) is 0 Å². The van der Waals surface area contributed by atoms with Gasteiger partial charge in [0.25, 0.3) is 0 Å². The zero-order chi connectivity index (χ0) is 13.9. The van der Waals surface area contributed by atoms with Crippen LogP contribution in [-0.4, -0.2) is 17.0 Å². The van der Waals surface area contributed by atoms with Crippen molar-refractivity contribution in [2.75, 3.05) is 5.32 Å². The van der Waals surface area contributed by atoms with Crippen molar-refractivity contribution in [1.29, 1.82) is 0 Å². The number of amides is 1. The molecule has 0 atom stereocenters. The Bertz CT molecular complexity index is 483. The number of halogens is 1. The molecule has 0 saturated heterocycles. The number of benzene rings is 1. The van der Waals surface area contributed by atoms with Gasteiger partial charge in [-0.25, -0.2) is 0 Å². The summed E-state index contributed by atoms with van der Waals surface area (Å²) in [6, 6.07) is 5.59. The molecule has 0 heterocycles. The number of carboxylic acid groups (broad SMARTS) is 1. The van der Waals surface area contributed by atoms with Crippen molar-refractivity contribution in [2.24, 2.45) is 5.41 Å². The minimum Gasteiger partial charge on any atom is -0.481 e. The lowest BCUT2D eigenvalue weighted by Crippen LogP contribution is -2.29. The van der Waals surface area contributed by atoms with Gasteiger partial charge >= 0.3 is 5.97 Å². The zero-order valence-corrected chi connectivity index (χ0v) is 12.2. The fourth-order valence-electron chi connectivity index (χ4n) is 1.41. The molecule has 98 valence electrons. The standard InChI is InChI=1S/C13H16BrNO3/c1-8-4-5-9(14)10(6-8)15-11(16)7-13(2,3)12(17)18/h4-6H,7H2,1-3H3,(H,15,16)(H,17,18). The van der Waals surface area contributed by atoms with Crippen LogP contribution in [0.5, 0.6) is 0 Å². The number of carboxylic acids is 1. The van der Waals surface area contributed by atoms with E-state index in [0.29, 0.717) is 5.69 Å². The number of hydrogen-bond donors (Lipinski definition) is 2. The summed E-state index contributed by atoms with van der Waals surface area (Å²) in [5, 5.41) is 11.7. The fraction of sp³-hybridized carbons (Fsp3) is 0.385. The molecule has 1 aromatic carbocycles. The Morgan fingerprint density at radius 3 is 2.56 bits per heavy atom. The molecule has 0 fully saturated rings. The maximum Gasteiger partial charge on any atom is 0.309 e. The van der Waals surface area contributed by atoms with Gasteiger partial charge in [0.1, 0.15) is 0 Å². The van der Waals surface area contributed by atoms with Crippen molar-refractivity contribution < 1.29 is 14.7 Å². The molecule has 0 aliphatic carbocycles. The minimum absolute atomic E-state index is 0.0668. The van der Waals surface area contributed by atoms with E-state index in [9.17, 15) is 9.59 Å². The summed E-state index contributed by atoms with van der Waals surface area (Å²) in [7, 11) is 0. The molecule has 18 heavy (non-hydrogen) atoms. The molecule has 5 heteroatoms. The van der Waals surface area contributed by atoms with Gasteiger partial charge in [-0.15, -0.1) is 0 Å². The molecule has 4 nitrogen and oxygen atoms in total. The van der Waals surface area contributed by atoms with Gasteiger partial charge in [0, 0.05) is 10.9 Å². The van der Waals surface area contributed by atoms with Crippen LogP contribution in [0.4, 0.5) is 5.69 Å². The Hall–Kier alpha value is -1.36. The van der Waals surface area contributed by atoms with Crippen molar-refractivity contribution >= 4 is 33.5 Å². The van der Waals surface area contributed by atoms with E-state index in [1.165, 1.54) is 13.8 Å². The fourth-order valence-corrected chi connectivity index (χ4v) is 1.75. The van der Waals surface area contributed by atoms with Gasteiger partial charge in [0.15, 0.2) is 0 Å². The molecule has 0 unspecified atom stereocenters. The van der Waals surface area contributed by atoms with Crippen LogP contribution in [-0.2, 0) is 9.59 Å². The quantitative estimate of drug-likeness (QED) is 0.897. The maximum absolute atomic E-state index is 11.8. The summed E-state index contributed by atoms with van der Waals surface area (Å²) in [6.07, 6.45) is -0.0668. The maximum atomic E-state index is 11.8. The number of rotatable bonds is 4. The molecule has 0 aromatic heterocycles. The second-order valence-corrected chi connectivity index (χ2v) is 5.75. The van der Waals surface area contributed by atoms with Crippen LogP contribution < -0.4 is 5.32 Å². The third kappa shape index (κ3) is 3.84. The molecule has 0 aliphatic rings. The molecule has 1 aromatic rings. The molecular formula is C13H16BrNO3. The molecule has 0 saturated carbocycles. The molecule has 0 radical (unpaired) electrons. The van der Waals surface area contributed by atoms with Crippen LogP contribution >= 0.6 is 15.9 Å². The number of carbonyl (C=O) groups excluding carboxylic acids is 1. The third-order valence-electron chi connectivity index (χ3n) is 2.58. The van der Waals surface area contributed by atoms with Crippen LogP contribution in [0.15, 0.2) is 22.7 Å². The summed E-state index contributed by atoms with van der Waals surface area (Å²) >= 11 is 3.34. The highest BCUT2D eigenvalue weighted by molar-refractivity contribution is 9.10. The van der Waals surface area contributed by atoms with E-state index in [1.54, 1.807) is 0 Å². The molecule has 1 rings (SSSR count). The van der Waals surface area contributed by atoms with E-state index in [1.807, 2.05) is 25.1 Å². The molecular weight excluding hydrogens is 298 g/mol. The van der Waals surface area contributed by atoms with E-state index in [4.69, 9.17) is 5.11 Å². The van der Waals surface area contributed by atoms with Gasteiger partial charge in [0.05, 0.1) is 11.1 Å². The van der Waals surface area contributed by atoms with Gasteiger partial charge in [-0.05, 0) is 54.4 Å². The second kappa shape index (κ2) is 5.52. The van der Waals surface area contributed by atoms with E-state index < -0.39 is 11.4 Å². The largest absolute Gasteiger partial charge is 0.481 e. The summed E-state index contributed by atoms with van der Waals surface area (Å²) in [4.78, 5) is 22.7. The Labute approximate surface area is 115 Å². The first-order valence-electron chi connectivity index (χ1n) is 5.52. The van der Waals surface area contributed by atoms with Gasteiger partial charge in [-0.3, -0.25) is 9.59 Å². The number of nitrogens with one attached hydrogen (secondary N) is 1. The van der Waals surface area contributed by atoms with Crippen LogP contribution in [0.25, 0.3) is 0 Å². The lowest BCUT2D eigenvalue weighted by Gasteiger charge is -2.18. The number of carbonyl (C=O) groups is 2. The van der Waals surface area contributed by atoms with Crippen molar-refractivity contribution in [2.45, 2.75) is 27.2 Å². The van der Waals surface area contributed by atoms with E-state index in [2.05, 4.69) is 21.2 Å². The van der Waals surface area contributed by atoms with Crippen molar-refractivity contribution in [3.05, 3.63) is 28.2 Å².